The number of para-hydroxylation sites is 2. The molecule has 2 heterocycles. The number of rotatable bonds is 4. The van der Waals surface area contributed by atoms with Crippen molar-refractivity contribution in [2.75, 3.05) is 23.3 Å². The van der Waals surface area contributed by atoms with E-state index in [-0.39, 0.29) is 12.4 Å². The smallest absolute Gasteiger partial charge is 0.146 e. The molecule has 0 saturated heterocycles. The largest absolute Gasteiger partial charge is 0.382 e. The summed E-state index contributed by atoms with van der Waals surface area (Å²) in [6, 6.07) is 8.43. The predicted octanol–water partition coefficient (Wildman–Crippen LogP) is 2.79. The summed E-state index contributed by atoms with van der Waals surface area (Å²) in [6.07, 6.45) is 1.66. The van der Waals surface area contributed by atoms with Crippen LogP contribution in [0.4, 0.5) is 11.4 Å². The lowest BCUT2D eigenvalue weighted by molar-refractivity contribution is 0.463. The maximum absolute atomic E-state index is 4.43. The van der Waals surface area contributed by atoms with Crippen LogP contribution in [0.25, 0.3) is 0 Å². The average molecular weight is 308 g/mol. The topological polar surface area (TPSA) is 46.0 Å². The number of fused-ring (bicyclic) bond motifs is 1. The summed E-state index contributed by atoms with van der Waals surface area (Å²) in [4.78, 5) is 6.79. The number of aromatic nitrogens is 3. The quantitative estimate of drug-likeness (QED) is 0.943. The molecule has 2 aromatic rings. The number of benzene rings is 1. The van der Waals surface area contributed by atoms with Gasteiger partial charge in [0.15, 0.2) is 0 Å². The van der Waals surface area contributed by atoms with Crippen LogP contribution in [0.2, 0.25) is 0 Å². The third-order valence-electron chi connectivity index (χ3n) is 3.51. The van der Waals surface area contributed by atoms with Gasteiger partial charge in [0.2, 0.25) is 0 Å². The van der Waals surface area contributed by atoms with Crippen molar-refractivity contribution in [1.82, 2.24) is 14.8 Å². The molecule has 0 bridgehead atoms. The highest BCUT2D eigenvalue weighted by Crippen LogP contribution is 2.29. The summed E-state index contributed by atoms with van der Waals surface area (Å²) < 4.78 is 2.02. The Kier molecular flexibility index (Phi) is 5.07. The lowest BCUT2D eigenvalue weighted by Crippen LogP contribution is -2.34. The molecular formula is C15H22ClN5. The molecule has 1 N–H and O–H groups in total. The van der Waals surface area contributed by atoms with E-state index in [0.29, 0.717) is 5.92 Å². The number of hydrogen-bond donors (Lipinski definition) is 1. The summed E-state index contributed by atoms with van der Waals surface area (Å²) >= 11 is 0. The number of hydrogen-bond acceptors (Lipinski definition) is 4. The third-order valence-corrected chi connectivity index (χ3v) is 3.51. The Balaban J connectivity index is 0.00000161. The molecule has 0 aliphatic carbocycles. The average Bonchev–Trinajstić information content (AvgIpc) is 2.86. The first-order valence-electron chi connectivity index (χ1n) is 7.18. The highest BCUT2D eigenvalue weighted by atomic mass is 35.5. The molecule has 5 nitrogen and oxygen atoms in total. The molecule has 0 saturated carbocycles. The van der Waals surface area contributed by atoms with Crippen LogP contribution in [-0.2, 0) is 13.1 Å². The lowest BCUT2D eigenvalue weighted by Gasteiger charge is -2.31. The number of nitrogens with zero attached hydrogens (tertiary/aromatic N) is 4. The van der Waals surface area contributed by atoms with Crippen molar-refractivity contribution in [2.24, 2.45) is 5.92 Å². The normalized spacial score (nSPS) is 13.6. The standard InChI is InChI=1S/C15H21N5.ClH/c1-12(2)9-20-15(17-11-18-20)10-19-8-7-16-13-5-3-4-6-14(13)19;/h3-6,11-12,16H,7-10H2,1-2H3;1H. The van der Waals surface area contributed by atoms with Crippen LogP contribution < -0.4 is 10.2 Å². The molecule has 21 heavy (non-hydrogen) atoms. The highest BCUT2D eigenvalue weighted by molar-refractivity contribution is 5.85. The maximum Gasteiger partial charge on any atom is 0.146 e. The Morgan fingerprint density at radius 3 is 2.90 bits per heavy atom. The molecule has 1 aromatic carbocycles. The zero-order valence-electron chi connectivity index (χ0n) is 12.5. The summed E-state index contributed by atoms with van der Waals surface area (Å²) in [6.45, 7) is 8.09. The van der Waals surface area contributed by atoms with Crippen LogP contribution in [0.5, 0.6) is 0 Å². The summed E-state index contributed by atoms with van der Waals surface area (Å²) in [5.41, 5.74) is 2.45. The molecule has 1 aromatic heterocycles. The third kappa shape index (κ3) is 3.47. The zero-order chi connectivity index (χ0) is 13.9. The minimum absolute atomic E-state index is 0. The summed E-state index contributed by atoms with van der Waals surface area (Å²) in [5, 5.41) is 7.78. The van der Waals surface area contributed by atoms with Gasteiger partial charge < -0.3 is 10.2 Å². The van der Waals surface area contributed by atoms with E-state index >= 15 is 0 Å². The molecule has 0 atom stereocenters. The minimum atomic E-state index is 0. The molecule has 0 radical (unpaired) electrons. The van der Waals surface area contributed by atoms with Gasteiger partial charge in [0.05, 0.1) is 17.9 Å². The fourth-order valence-electron chi connectivity index (χ4n) is 2.59. The molecule has 0 unspecified atom stereocenters. The van der Waals surface area contributed by atoms with E-state index in [1.807, 2.05) is 4.68 Å². The second-order valence-corrected chi connectivity index (χ2v) is 5.62. The maximum atomic E-state index is 4.43. The van der Waals surface area contributed by atoms with Gasteiger partial charge in [-0.3, -0.25) is 0 Å². The van der Waals surface area contributed by atoms with Crippen molar-refractivity contribution in [1.29, 1.82) is 0 Å². The SMILES string of the molecule is CC(C)Cn1ncnc1CN1CCNc2ccccc21.Cl. The van der Waals surface area contributed by atoms with Crippen LogP contribution in [0, 0.1) is 5.92 Å². The van der Waals surface area contributed by atoms with Crippen LogP contribution in [0.15, 0.2) is 30.6 Å². The second kappa shape index (κ2) is 6.80. The van der Waals surface area contributed by atoms with Gasteiger partial charge in [0.25, 0.3) is 0 Å². The zero-order valence-corrected chi connectivity index (χ0v) is 13.3. The van der Waals surface area contributed by atoms with Gasteiger partial charge in [0.1, 0.15) is 12.2 Å². The molecule has 6 heteroatoms. The molecular weight excluding hydrogens is 286 g/mol. The van der Waals surface area contributed by atoms with Crippen molar-refractivity contribution in [3.05, 3.63) is 36.4 Å². The monoisotopic (exact) mass is 307 g/mol. The van der Waals surface area contributed by atoms with Crippen LogP contribution in [0.3, 0.4) is 0 Å². The first kappa shape index (κ1) is 15.6. The van der Waals surface area contributed by atoms with Gasteiger partial charge in [0, 0.05) is 19.6 Å². The molecule has 0 amide bonds. The van der Waals surface area contributed by atoms with Crippen molar-refractivity contribution >= 4 is 23.8 Å². The van der Waals surface area contributed by atoms with E-state index in [0.717, 1.165) is 32.0 Å². The van der Waals surface area contributed by atoms with E-state index in [2.05, 4.69) is 58.4 Å². The van der Waals surface area contributed by atoms with E-state index in [1.165, 1.54) is 11.4 Å². The van der Waals surface area contributed by atoms with Crippen molar-refractivity contribution < 1.29 is 0 Å². The Morgan fingerprint density at radius 2 is 2.10 bits per heavy atom. The van der Waals surface area contributed by atoms with Crippen LogP contribution >= 0.6 is 12.4 Å². The second-order valence-electron chi connectivity index (χ2n) is 5.62. The van der Waals surface area contributed by atoms with Crippen molar-refractivity contribution in [2.45, 2.75) is 26.9 Å². The van der Waals surface area contributed by atoms with Gasteiger partial charge in [-0.15, -0.1) is 12.4 Å². The molecule has 1 aliphatic rings. The predicted molar refractivity (Wildman–Crippen MR) is 88.1 cm³/mol. The fraction of sp³-hybridized carbons (Fsp3) is 0.467. The van der Waals surface area contributed by atoms with Crippen molar-refractivity contribution in [3.8, 4) is 0 Å². The summed E-state index contributed by atoms with van der Waals surface area (Å²) in [5.74, 6) is 1.61. The number of halogens is 1. The van der Waals surface area contributed by atoms with E-state index in [9.17, 15) is 0 Å². The van der Waals surface area contributed by atoms with E-state index in [1.54, 1.807) is 6.33 Å². The Hall–Kier alpha value is -1.75. The van der Waals surface area contributed by atoms with E-state index in [4.69, 9.17) is 0 Å². The van der Waals surface area contributed by atoms with Crippen molar-refractivity contribution in [3.63, 3.8) is 0 Å². The first-order chi connectivity index (χ1) is 9.74. The first-order valence-corrected chi connectivity index (χ1v) is 7.18. The fourth-order valence-corrected chi connectivity index (χ4v) is 2.59. The number of anilines is 2. The number of nitrogens with one attached hydrogen (secondary N) is 1. The van der Waals surface area contributed by atoms with Gasteiger partial charge in [-0.1, -0.05) is 26.0 Å². The van der Waals surface area contributed by atoms with Gasteiger partial charge >= 0.3 is 0 Å². The Morgan fingerprint density at radius 1 is 1.29 bits per heavy atom. The molecule has 0 spiro atoms. The molecule has 0 fully saturated rings. The molecule has 3 rings (SSSR count). The van der Waals surface area contributed by atoms with Gasteiger partial charge in [-0.25, -0.2) is 9.67 Å². The van der Waals surface area contributed by atoms with Gasteiger partial charge in [-0.05, 0) is 18.1 Å². The Labute approximate surface area is 131 Å². The summed E-state index contributed by atoms with van der Waals surface area (Å²) in [7, 11) is 0. The molecule has 1 aliphatic heterocycles. The Bertz CT molecular complexity index is 581. The van der Waals surface area contributed by atoms with Gasteiger partial charge in [-0.2, -0.15) is 5.10 Å². The molecule has 114 valence electrons. The highest BCUT2D eigenvalue weighted by Gasteiger charge is 2.18. The lowest BCUT2D eigenvalue weighted by atomic mass is 10.2. The van der Waals surface area contributed by atoms with Crippen LogP contribution in [-0.4, -0.2) is 27.9 Å². The minimum Gasteiger partial charge on any atom is -0.382 e. The van der Waals surface area contributed by atoms with E-state index < -0.39 is 0 Å². The van der Waals surface area contributed by atoms with Crippen LogP contribution in [0.1, 0.15) is 19.7 Å².